The summed E-state index contributed by atoms with van der Waals surface area (Å²) in [6.07, 6.45) is 5.18. The monoisotopic (exact) mass is 184 g/mol. The first-order valence-corrected chi connectivity index (χ1v) is 5.52. The lowest BCUT2D eigenvalue weighted by molar-refractivity contribution is -0.0446. The average molecular weight is 184 g/mol. The highest BCUT2D eigenvalue weighted by molar-refractivity contribution is 4.95. The molecule has 13 heavy (non-hydrogen) atoms. The van der Waals surface area contributed by atoms with E-state index in [9.17, 15) is 5.11 Å². The molecule has 4 unspecified atom stereocenters. The van der Waals surface area contributed by atoms with Crippen molar-refractivity contribution in [1.29, 1.82) is 0 Å². The van der Waals surface area contributed by atoms with E-state index in [1.807, 2.05) is 0 Å². The highest BCUT2D eigenvalue weighted by atomic mass is 16.5. The SMILES string of the molecule is CC(C)OC1CCC2CCC(O)C21. The van der Waals surface area contributed by atoms with Crippen molar-refractivity contribution in [2.45, 2.75) is 57.8 Å². The first-order valence-electron chi connectivity index (χ1n) is 5.52. The summed E-state index contributed by atoms with van der Waals surface area (Å²) >= 11 is 0. The van der Waals surface area contributed by atoms with Crippen molar-refractivity contribution >= 4 is 0 Å². The molecule has 2 heteroatoms. The lowest BCUT2D eigenvalue weighted by atomic mass is 9.97. The van der Waals surface area contributed by atoms with Crippen molar-refractivity contribution in [3.63, 3.8) is 0 Å². The fourth-order valence-corrected chi connectivity index (χ4v) is 3.05. The Kier molecular flexibility index (Phi) is 2.61. The van der Waals surface area contributed by atoms with Crippen LogP contribution in [0.1, 0.15) is 39.5 Å². The van der Waals surface area contributed by atoms with Crippen molar-refractivity contribution in [3.05, 3.63) is 0 Å². The highest BCUT2D eigenvalue weighted by Gasteiger charge is 2.45. The van der Waals surface area contributed by atoms with Crippen LogP contribution in [0.5, 0.6) is 0 Å². The van der Waals surface area contributed by atoms with Crippen LogP contribution in [0.2, 0.25) is 0 Å². The smallest absolute Gasteiger partial charge is 0.0634 e. The van der Waals surface area contributed by atoms with Crippen LogP contribution < -0.4 is 0 Å². The van der Waals surface area contributed by atoms with E-state index in [4.69, 9.17) is 4.74 Å². The minimum absolute atomic E-state index is 0.0868. The van der Waals surface area contributed by atoms with Crippen LogP contribution >= 0.6 is 0 Å². The predicted octanol–water partition coefficient (Wildman–Crippen LogP) is 1.96. The minimum Gasteiger partial charge on any atom is -0.393 e. The molecule has 2 aliphatic rings. The van der Waals surface area contributed by atoms with Gasteiger partial charge in [-0.3, -0.25) is 0 Å². The van der Waals surface area contributed by atoms with Gasteiger partial charge in [-0.15, -0.1) is 0 Å². The van der Waals surface area contributed by atoms with Gasteiger partial charge in [-0.2, -0.15) is 0 Å². The number of hydrogen-bond acceptors (Lipinski definition) is 2. The molecule has 0 aromatic rings. The van der Waals surface area contributed by atoms with Gasteiger partial charge >= 0.3 is 0 Å². The molecule has 2 rings (SSSR count). The Hall–Kier alpha value is -0.0800. The van der Waals surface area contributed by atoms with Crippen molar-refractivity contribution < 1.29 is 9.84 Å². The third kappa shape index (κ3) is 1.75. The quantitative estimate of drug-likeness (QED) is 0.711. The molecule has 2 nitrogen and oxygen atoms in total. The van der Waals surface area contributed by atoms with Gasteiger partial charge in [0.05, 0.1) is 18.3 Å². The molecular weight excluding hydrogens is 164 g/mol. The standard InChI is InChI=1S/C11H20O2/c1-7(2)13-10-6-4-8-3-5-9(12)11(8)10/h7-12H,3-6H2,1-2H3. The van der Waals surface area contributed by atoms with Gasteiger partial charge in [0.2, 0.25) is 0 Å². The van der Waals surface area contributed by atoms with Crippen LogP contribution in [0.25, 0.3) is 0 Å². The third-order valence-electron chi connectivity index (χ3n) is 3.52. The molecule has 1 N–H and O–H groups in total. The van der Waals surface area contributed by atoms with Crippen molar-refractivity contribution in [2.75, 3.05) is 0 Å². The largest absolute Gasteiger partial charge is 0.393 e. The lowest BCUT2D eigenvalue weighted by Crippen LogP contribution is -2.30. The Balaban J connectivity index is 1.98. The van der Waals surface area contributed by atoms with Gasteiger partial charge < -0.3 is 9.84 Å². The molecule has 0 aromatic carbocycles. The molecule has 0 saturated heterocycles. The van der Waals surface area contributed by atoms with E-state index in [0.717, 1.165) is 18.8 Å². The number of aliphatic hydroxyl groups is 1. The number of fused-ring (bicyclic) bond motifs is 1. The molecule has 2 aliphatic carbocycles. The summed E-state index contributed by atoms with van der Waals surface area (Å²) in [5.74, 6) is 1.20. The molecule has 0 radical (unpaired) electrons. The van der Waals surface area contributed by atoms with Gasteiger partial charge in [0, 0.05) is 5.92 Å². The maximum atomic E-state index is 9.80. The second-order valence-electron chi connectivity index (χ2n) is 4.78. The van der Waals surface area contributed by atoms with Crippen LogP contribution in [-0.4, -0.2) is 23.4 Å². The predicted molar refractivity (Wildman–Crippen MR) is 51.5 cm³/mol. The summed E-state index contributed by atoms with van der Waals surface area (Å²) in [5.41, 5.74) is 0. The van der Waals surface area contributed by atoms with E-state index in [0.29, 0.717) is 18.1 Å². The fraction of sp³-hybridized carbons (Fsp3) is 1.00. The van der Waals surface area contributed by atoms with E-state index in [-0.39, 0.29) is 6.10 Å². The first-order chi connectivity index (χ1) is 6.18. The molecule has 2 saturated carbocycles. The van der Waals surface area contributed by atoms with E-state index in [1.165, 1.54) is 12.8 Å². The second-order valence-corrected chi connectivity index (χ2v) is 4.78. The Morgan fingerprint density at radius 3 is 2.54 bits per heavy atom. The molecule has 0 amide bonds. The first kappa shape index (κ1) is 9.47. The molecular formula is C11H20O2. The number of rotatable bonds is 2. The zero-order chi connectivity index (χ0) is 9.42. The zero-order valence-corrected chi connectivity index (χ0v) is 8.57. The molecule has 0 aliphatic heterocycles. The van der Waals surface area contributed by atoms with Crippen molar-refractivity contribution in [3.8, 4) is 0 Å². The summed E-state index contributed by atoms with van der Waals surface area (Å²) in [5, 5.41) is 9.80. The van der Waals surface area contributed by atoms with Gasteiger partial charge in [-0.05, 0) is 45.4 Å². The van der Waals surface area contributed by atoms with E-state index in [1.54, 1.807) is 0 Å². The summed E-state index contributed by atoms with van der Waals surface area (Å²) in [6.45, 7) is 4.16. The van der Waals surface area contributed by atoms with Crippen LogP contribution in [0.3, 0.4) is 0 Å². The summed E-state index contributed by atoms with van der Waals surface area (Å²) in [6, 6.07) is 0. The van der Waals surface area contributed by atoms with Gasteiger partial charge in [0.1, 0.15) is 0 Å². The Bertz CT molecular complexity index is 179. The normalized spacial score (nSPS) is 44.3. The third-order valence-corrected chi connectivity index (χ3v) is 3.52. The van der Waals surface area contributed by atoms with E-state index in [2.05, 4.69) is 13.8 Å². The van der Waals surface area contributed by atoms with Crippen molar-refractivity contribution in [1.82, 2.24) is 0 Å². The lowest BCUT2D eigenvalue weighted by Gasteiger charge is -2.24. The van der Waals surface area contributed by atoms with Gasteiger partial charge in [0.25, 0.3) is 0 Å². The number of aliphatic hydroxyl groups excluding tert-OH is 1. The summed E-state index contributed by atoms with van der Waals surface area (Å²) in [4.78, 5) is 0. The molecule has 2 fully saturated rings. The number of ether oxygens (including phenoxy) is 1. The Morgan fingerprint density at radius 1 is 1.15 bits per heavy atom. The Morgan fingerprint density at radius 2 is 1.85 bits per heavy atom. The number of hydrogen-bond donors (Lipinski definition) is 1. The highest BCUT2D eigenvalue weighted by Crippen LogP contribution is 2.45. The topological polar surface area (TPSA) is 29.5 Å². The van der Waals surface area contributed by atoms with Crippen LogP contribution in [0, 0.1) is 11.8 Å². The maximum absolute atomic E-state index is 9.80. The molecule has 0 heterocycles. The molecule has 0 bridgehead atoms. The van der Waals surface area contributed by atoms with Gasteiger partial charge in [-0.1, -0.05) is 0 Å². The maximum Gasteiger partial charge on any atom is 0.0634 e. The van der Waals surface area contributed by atoms with Gasteiger partial charge in [-0.25, -0.2) is 0 Å². The molecule has 0 spiro atoms. The van der Waals surface area contributed by atoms with Gasteiger partial charge in [0.15, 0.2) is 0 Å². The van der Waals surface area contributed by atoms with Crippen LogP contribution in [-0.2, 0) is 4.74 Å². The zero-order valence-electron chi connectivity index (χ0n) is 8.57. The van der Waals surface area contributed by atoms with E-state index >= 15 is 0 Å². The molecule has 76 valence electrons. The summed E-state index contributed by atoms with van der Waals surface area (Å²) in [7, 11) is 0. The summed E-state index contributed by atoms with van der Waals surface area (Å²) < 4.78 is 5.84. The molecule has 0 aromatic heterocycles. The van der Waals surface area contributed by atoms with Crippen molar-refractivity contribution in [2.24, 2.45) is 11.8 Å². The average Bonchev–Trinajstić information content (AvgIpc) is 2.56. The molecule has 4 atom stereocenters. The Labute approximate surface area is 80.3 Å². The van der Waals surface area contributed by atoms with Crippen LogP contribution in [0.4, 0.5) is 0 Å². The minimum atomic E-state index is -0.0868. The second kappa shape index (κ2) is 3.58. The van der Waals surface area contributed by atoms with E-state index < -0.39 is 0 Å². The van der Waals surface area contributed by atoms with Crippen LogP contribution in [0.15, 0.2) is 0 Å². The fourth-order valence-electron chi connectivity index (χ4n) is 3.05.